The number of likely N-dealkylation sites (N-methyl/N-ethyl adjacent to an activating group) is 1. The van der Waals surface area contributed by atoms with Crippen molar-refractivity contribution in [3.8, 4) is 11.8 Å². The van der Waals surface area contributed by atoms with Crippen molar-refractivity contribution in [2.24, 2.45) is 5.92 Å². The maximum Gasteiger partial charge on any atom is 0.319 e. The molecule has 5 rings (SSSR count). The van der Waals surface area contributed by atoms with Crippen molar-refractivity contribution >= 4 is 80.4 Å². The molecular weight excluding hydrogens is 1150 g/mol. The number of unbranched alkanes of at least 4 members (excludes halogenated alkanes) is 2. The molecule has 27 heteroatoms. The number of ether oxygens (including phenoxy) is 2. The number of sulfone groups is 1. The Balaban J connectivity index is 0.970. The van der Waals surface area contributed by atoms with Gasteiger partial charge in [0.2, 0.25) is 56.3 Å². The first kappa shape index (κ1) is 69.2. The third kappa shape index (κ3) is 23.0. The molecule has 2 aliphatic heterocycles. The molecule has 1 fully saturated rings. The number of amides is 10. The van der Waals surface area contributed by atoms with Crippen LogP contribution < -0.4 is 37.2 Å². The third-order valence-electron chi connectivity index (χ3n) is 14.0. The number of hydrogen-bond donors (Lipinski definition) is 7. The van der Waals surface area contributed by atoms with Crippen LogP contribution in [0.25, 0.3) is 0 Å². The maximum absolute atomic E-state index is 13.7. The molecule has 2 aromatic carbocycles. The van der Waals surface area contributed by atoms with Gasteiger partial charge in [-0.2, -0.15) is 0 Å². The molecule has 7 N–H and O–H groups in total. The lowest BCUT2D eigenvalue weighted by Crippen LogP contribution is -2.56. The van der Waals surface area contributed by atoms with Crippen LogP contribution in [0.1, 0.15) is 125 Å². The van der Waals surface area contributed by atoms with E-state index >= 15 is 0 Å². The van der Waals surface area contributed by atoms with Gasteiger partial charge < -0.3 is 56.1 Å². The molecular formula is C59H81ClN12O13S. The van der Waals surface area contributed by atoms with E-state index < -0.39 is 64.2 Å². The fourth-order valence-corrected chi connectivity index (χ4v) is 10.1. The van der Waals surface area contributed by atoms with E-state index in [0.29, 0.717) is 54.1 Å². The van der Waals surface area contributed by atoms with E-state index in [1.54, 1.807) is 51.2 Å². The summed E-state index contributed by atoms with van der Waals surface area (Å²) >= 11 is 6.54. The standard InChI is InChI=1S/C59H81ClN12O13S/c1-7-24-71(25-8-2)26-13-12-15-47(67-56(79)53(39(3)4)68-49(73)16-11-9-10-14-41-33-63-59(64-34-41)86(6,82)83)54(77)61-35-51(75)65-38-85-37-52(76)70(5)27-29-84-28-23-42-18-19-44(31-46(42)60)66-58(81)62-32-40-17-20-45-43(30-40)36-72(57(45)80)48-21-22-50(74)69-55(48)78/h17-20,30-31,33-34,39,47-48,53H,7-9,11-13,15-16,21-29,32,35-38H2,1-6H3,(H,61,77)(H,65,75)(H,67,79)(H,68,73)(H2,62,66,81)(H,69,74,78)/t47-,48?,53-/m0/s1. The van der Waals surface area contributed by atoms with Crippen LogP contribution in [0.2, 0.25) is 5.02 Å². The first-order chi connectivity index (χ1) is 41.1. The lowest BCUT2D eigenvalue weighted by Gasteiger charge is -2.29. The van der Waals surface area contributed by atoms with E-state index in [4.69, 9.17) is 21.1 Å². The lowest BCUT2D eigenvalue weighted by molar-refractivity contribution is -0.137. The lowest BCUT2D eigenvalue weighted by atomic mass is 10.0. The Hall–Kier alpha value is -7.57. The van der Waals surface area contributed by atoms with Crippen LogP contribution in [0.4, 0.5) is 10.5 Å². The molecule has 1 aromatic heterocycles. The number of benzene rings is 2. The van der Waals surface area contributed by atoms with Gasteiger partial charge in [-0.1, -0.05) is 69.3 Å². The Labute approximate surface area is 507 Å². The number of rotatable bonds is 34. The summed E-state index contributed by atoms with van der Waals surface area (Å²) in [6.07, 6.45) is 8.94. The highest BCUT2D eigenvalue weighted by atomic mass is 35.5. The second kappa shape index (κ2) is 35.2. The van der Waals surface area contributed by atoms with Crippen LogP contribution in [0.5, 0.6) is 0 Å². The van der Waals surface area contributed by atoms with Crippen molar-refractivity contribution in [2.45, 2.75) is 135 Å². The van der Waals surface area contributed by atoms with E-state index in [2.05, 4.69) is 77.8 Å². The van der Waals surface area contributed by atoms with Crippen molar-refractivity contribution in [3.05, 3.63) is 81.6 Å². The fraction of sp³-hybridized carbons (Fsp3) is 0.542. The minimum absolute atomic E-state index is 0.0689. The molecule has 0 saturated carbocycles. The van der Waals surface area contributed by atoms with Crippen molar-refractivity contribution in [2.75, 3.05) is 77.9 Å². The number of urea groups is 1. The Morgan fingerprint density at radius 2 is 1.62 bits per heavy atom. The Bertz CT molecular complexity index is 3040. The molecule has 0 radical (unpaired) electrons. The van der Waals surface area contributed by atoms with Gasteiger partial charge in [0.1, 0.15) is 31.5 Å². The van der Waals surface area contributed by atoms with Crippen LogP contribution in [0.15, 0.2) is 53.9 Å². The number of anilines is 1. The quantitative estimate of drug-likeness (QED) is 0.0149. The molecule has 25 nitrogen and oxygen atoms in total. The van der Waals surface area contributed by atoms with Gasteiger partial charge in [0, 0.05) is 80.9 Å². The number of carbonyl (C=O) groups excluding carboxylic acids is 9. The highest BCUT2D eigenvalue weighted by Gasteiger charge is 2.39. The summed E-state index contributed by atoms with van der Waals surface area (Å²) in [6.45, 7) is 10.5. The van der Waals surface area contributed by atoms with Crippen LogP contribution in [-0.2, 0) is 72.4 Å². The van der Waals surface area contributed by atoms with E-state index in [9.17, 15) is 51.6 Å². The Kier molecular flexibility index (Phi) is 28.3. The fourth-order valence-electron chi connectivity index (χ4n) is 9.30. The summed E-state index contributed by atoms with van der Waals surface area (Å²) in [5, 5.41) is 18.7. The zero-order valence-corrected chi connectivity index (χ0v) is 51.4. The van der Waals surface area contributed by atoms with Crippen molar-refractivity contribution < 1.29 is 61.0 Å². The SMILES string of the molecule is CCCN(CCC)CCCC[C@H](NC(=O)[C@@H](NC(=O)CCCC#Cc1cnc(S(C)(=O)=O)nc1)C(C)C)C(=O)NCC(=O)NCOCC(=O)N(C)CCOCCc1ccc(NC(=O)NCc2ccc3c(c2)CN(C2CCC(=O)NC2=O)C3=O)cc1Cl. The number of nitrogens with zero attached hydrogens (tertiary/aromatic N) is 5. The second-order valence-electron chi connectivity index (χ2n) is 21.4. The predicted octanol–water partition coefficient (Wildman–Crippen LogP) is 2.98. The molecule has 3 heterocycles. The third-order valence-corrected chi connectivity index (χ3v) is 15.2. The van der Waals surface area contributed by atoms with Gasteiger partial charge in [0.05, 0.1) is 25.3 Å². The number of fused-ring (bicyclic) bond motifs is 1. The number of piperidine rings is 1. The van der Waals surface area contributed by atoms with Crippen molar-refractivity contribution in [1.29, 1.82) is 0 Å². The molecule has 0 spiro atoms. The molecule has 1 unspecified atom stereocenters. The predicted molar refractivity (Wildman–Crippen MR) is 319 cm³/mol. The molecule has 0 aliphatic carbocycles. The van der Waals surface area contributed by atoms with E-state index in [1.807, 2.05) is 6.07 Å². The number of halogens is 1. The number of hydrogen-bond acceptors (Lipinski definition) is 16. The summed E-state index contributed by atoms with van der Waals surface area (Å²) in [5.41, 5.74) is 3.61. The van der Waals surface area contributed by atoms with Gasteiger partial charge in [-0.15, -0.1) is 0 Å². The molecule has 1 saturated heterocycles. The minimum atomic E-state index is -3.54. The number of carbonyl (C=O) groups is 9. The largest absolute Gasteiger partial charge is 0.379 e. The van der Waals surface area contributed by atoms with Crippen LogP contribution in [0, 0.1) is 17.8 Å². The van der Waals surface area contributed by atoms with E-state index in [1.165, 1.54) is 22.2 Å². The smallest absolute Gasteiger partial charge is 0.319 e. The molecule has 2 aliphatic rings. The first-order valence-electron chi connectivity index (χ1n) is 28.9. The summed E-state index contributed by atoms with van der Waals surface area (Å²) < 4.78 is 34.4. The molecule has 86 heavy (non-hydrogen) atoms. The molecule has 468 valence electrons. The monoisotopic (exact) mass is 1230 g/mol. The van der Waals surface area contributed by atoms with Crippen molar-refractivity contribution in [3.63, 3.8) is 0 Å². The van der Waals surface area contributed by atoms with E-state index in [0.717, 1.165) is 61.8 Å². The Morgan fingerprint density at radius 3 is 2.30 bits per heavy atom. The summed E-state index contributed by atoms with van der Waals surface area (Å²) in [5.74, 6) is 1.82. The van der Waals surface area contributed by atoms with Gasteiger partial charge in [0.15, 0.2) is 0 Å². The van der Waals surface area contributed by atoms with Crippen LogP contribution in [-0.4, -0.2) is 177 Å². The zero-order valence-electron chi connectivity index (χ0n) is 49.8. The van der Waals surface area contributed by atoms with Gasteiger partial charge in [-0.05, 0) is 112 Å². The summed E-state index contributed by atoms with van der Waals surface area (Å²) in [4.78, 5) is 129. The zero-order chi connectivity index (χ0) is 62.8. The van der Waals surface area contributed by atoms with Crippen molar-refractivity contribution in [1.82, 2.24) is 56.6 Å². The first-order valence-corrected chi connectivity index (χ1v) is 31.2. The molecule has 3 atom stereocenters. The normalized spacial score (nSPS) is 14.5. The minimum Gasteiger partial charge on any atom is -0.379 e. The van der Waals surface area contributed by atoms with Crippen LogP contribution >= 0.6 is 11.6 Å². The molecule has 3 aromatic rings. The van der Waals surface area contributed by atoms with E-state index in [-0.39, 0.29) is 100.0 Å². The Morgan fingerprint density at radius 1 is 0.872 bits per heavy atom. The maximum atomic E-state index is 13.7. The highest BCUT2D eigenvalue weighted by molar-refractivity contribution is 7.90. The number of imide groups is 1. The number of aromatic nitrogens is 2. The molecule has 0 bridgehead atoms. The molecule has 10 amide bonds. The van der Waals surface area contributed by atoms with Crippen LogP contribution in [0.3, 0.4) is 0 Å². The summed E-state index contributed by atoms with van der Waals surface area (Å²) in [6, 6.07) is 7.15. The van der Waals surface area contributed by atoms with Gasteiger partial charge >= 0.3 is 6.03 Å². The van der Waals surface area contributed by atoms with Gasteiger partial charge in [-0.25, -0.2) is 23.2 Å². The topological polar surface area (TPSA) is 326 Å². The van der Waals surface area contributed by atoms with Gasteiger partial charge in [-0.3, -0.25) is 43.7 Å². The second-order valence-corrected chi connectivity index (χ2v) is 23.7. The highest BCUT2D eigenvalue weighted by Crippen LogP contribution is 2.28. The number of nitrogens with one attached hydrogen (secondary N) is 7. The summed E-state index contributed by atoms with van der Waals surface area (Å²) in [7, 11) is -1.96. The average molecular weight is 1230 g/mol. The van der Waals surface area contributed by atoms with Gasteiger partial charge in [0.25, 0.3) is 5.91 Å². The average Bonchev–Trinajstić information content (AvgIpc) is 2.03.